The van der Waals surface area contributed by atoms with Gasteiger partial charge in [0.05, 0.1) is 6.61 Å². The number of aromatic nitrogens is 1. The van der Waals surface area contributed by atoms with Gasteiger partial charge in [-0.25, -0.2) is 0 Å². The number of nitrogens with zero attached hydrogens (tertiary/aromatic N) is 1. The Morgan fingerprint density at radius 1 is 1.32 bits per heavy atom. The van der Waals surface area contributed by atoms with Gasteiger partial charge in [-0.15, -0.1) is 0 Å². The Morgan fingerprint density at radius 3 is 2.86 bits per heavy atom. The third kappa shape index (κ3) is 4.44. The average molecular weight is 320 g/mol. The first-order valence-corrected chi connectivity index (χ1v) is 7.24. The predicted octanol–water partition coefficient (Wildman–Crippen LogP) is 3.35. The second-order valence-electron chi connectivity index (χ2n) is 4.76. The Labute approximate surface area is 134 Å². The van der Waals surface area contributed by atoms with E-state index in [-0.39, 0.29) is 5.91 Å². The van der Waals surface area contributed by atoms with E-state index in [4.69, 9.17) is 16.3 Å². The molecule has 2 N–H and O–H groups in total. The molecule has 0 bridgehead atoms. The minimum atomic E-state index is -0.263. The fraction of sp³-hybridized carbons (Fsp3) is 0.250. The van der Waals surface area contributed by atoms with E-state index in [2.05, 4.69) is 15.6 Å². The highest BCUT2D eigenvalue weighted by Crippen LogP contribution is 2.20. The highest BCUT2D eigenvalue weighted by Gasteiger charge is 2.10. The van der Waals surface area contributed by atoms with Crippen LogP contribution >= 0.6 is 11.6 Å². The molecule has 2 aromatic rings. The number of ether oxygens (including phenoxy) is 1. The molecule has 1 heterocycles. The van der Waals surface area contributed by atoms with E-state index in [9.17, 15) is 4.79 Å². The van der Waals surface area contributed by atoms with Crippen molar-refractivity contribution in [2.24, 2.45) is 0 Å². The number of aryl methyl sites for hydroxylation is 1. The van der Waals surface area contributed by atoms with Crippen molar-refractivity contribution >= 4 is 28.9 Å². The zero-order valence-corrected chi connectivity index (χ0v) is 13.3. The van der Waals surface area contributed by atoms with Crippen LogP contribution < -0.4 is 10.6 Å². The van der Waals surface area contributed by atoms with Gasteiger partial charge in [-0.05, 0) is 42.8 Å². The van der Waals surface area contributed by atoms with Crippen molar-refractivity contribution in [2.75, 3.05) is 30.9 Å². The number of carbonyl (C=O) groups excluding carboxylic acids is 1. The number of nitrogens with one attached hydrogen (secondary N) is 2. The summed E-state index contributed by atoms with van der Waals surface area (Å²) in [6, 6.07) is 8.82. The molecule has 0 saturated carbocycles. The lowest BCUT2D eigenvalue weighted by Gasteiger charge is -2.10. The first-order valence-electron chi connectivity index (χ1n) is 6.86. The molecule has 0 atom stereocenters. The van der Waals surface area contributed by atoms with E-state index < -0.39 is 0 Å². The topological polar surface area (TPSA) is 63.2 Å². The van der Waals surface area contributed by atoms with Crippen LogP contribution in [0.4, 0.5) is 11.4 Å². The monoisotopic (exact) mass is 319 g/mol. The van der Waals surface area contributed by atoms with Crippen molar-refractivity contribution in [3.8, 4) is 0 Å². The number of carbonyl (C=O) groups is 1. The van der Waals surface area contributed by atoms with Gasteiger partial charge in [0, 0.05) is 36.2 Å². The molecule has 116 valence electrons. The van der Waals surface area contributed by atoms with Gasteiger partial charge in [-0.3, -0.25) is 9.78 Å². The summed E-state index contributed by atoms with van der Waals surface area (Å²) in [5.41, 5.74) is 2.78. The summed E-state index contributed by atoms with van der Waals surface area (Å²) in [5, 5.41) is 6.63. The highest BCUT2D eigenvalue weighted by molar-refractivity contribution is 6.30. The minimum absolute atomic E-state index is 0.263. The van der Waals surface area contributed by atoms with E-state index in [1.165, 1.54) is 0 Å². The molecule has 0 aliphatic heterocycles. The number of rotatable bonds is 6. The number of methoxy groups -OCH3 is 1. The summed E-state index contributed by atoms with van der Waals surface area (Å²) in [5.74, 6) is -0.263. The van der Waals surface area contributed by atoms with E-state index in [1.807, 2.05) is 6.92 Å². The molecule has 0 fully saturated rings. The number of amides is 1. The van der Waals surface area contributed by atoms with Crippen LogP contribution in [0, 0.1) is 6.92 Å². The first-order chi connectivity index (χ1) is 10.6. The molecule has 0 saturated heterocycles. The van der Waals surface area contributed by atoms with Crippen molar-refractivity contribution in [3.05, 3.63) is 52.8 Å². The van der Waals surface area contributed by atoms with Crippen LogP contribution in [0.5, 0.6) is 0 Å². The lowest BCUT2D eigenvalue weighted by Crippen LogP contribution is -2.15. The van der Waals surface area contributed by atoms with Gasteiger partial charge in [0.15, 0.2) is 0 Å². The molecule has 6 heteroatoms. The smallest absolute Gasteiger partial charge is 0.274 e. The van der Waals surface area contributed by atoms with Gasteiger partial charge < -0.3 is 15.4 Å². The summed E-state index contributed by atoms with van der Waals surface area (Å²) in [7, 11) is 1.64. The molecule has 0 aliphatic carbocycles. The van der Waals surface area contributed by atoms with E-state index in [0.29, 0.717) is 29.6 Å². The number of anilines is 2. The zero-order valence-electron chi connectivity index (χ0n) is 12.5. The number of benzene rings is 1. The summed E-state index contributed by atoms with van der Waals surface area (Å²) in [4.78, 5) is 16.4. The Morgan fingerprint density at radius 2 is 2.14 bits per heavy atom. The van der Waals surface area contributed by atoms with Gasteiger partial charge in [0.1, 0.15) is 5.69 Å². The van der Waals surface area contributed by atoms with Crippen molar-refractivity contribution in [1.29, 1.82) is 0 Å². The molecular formula is C16H18ClN3O2. The molecule has 0 unspecified atom stereocenters. The van der Waals surface area contributed by atoms with Crippen molar-refractivity contribution < 1.29 is 9.53 Å². The second kappa shape index (κ2) is 7.77. The van der Waals surface area contributed by atoms with Crippen molar-refractivity contribution in [1.82, 2.24) is 4.98 Å². The molecule has 0 aliphatic rings. The van der Waals surface area contributed by atoms with Crippen molar-refractivity contribution in [3.63, 3.8) is 0 Å². The standard InChI is InChI=1S/C16H18ClN3O2/c1-11-9-12(17)3-4-14(11)20-16(21)15-10-13(5-6-19-15)18-7-8-22-2/h3-6,9-10H,7-8H2,1-2H3,(H,18,19)(H,20,21). The first kappa shape index (κ1) is 16.3. The van der Waals surface area contributed by atoms with Crippen LogP contribution in [0.15, 0.2) is 36.5 Å². The molecule has 22 heavy (non-hydrogen) atoms. The summed E-state index contributed by atoms with van der Waals surface area (Å²) in [6.07, 6.45) is 1.60. The number of halogens is 1. The van der Waals surface area contributed by atoms with Gasteiger partial charge in [-0.2, -0.15) is 0 Å². The lowest BCUT2D eigenvalue weighted by atomic mass is 10.2. The molecule has 0 radical (unpaired) electrons. The van der Waals surface area contributed by atoms with Crippen LogP contribution in [0.1, 0.15) is 16.1 Å². The van der Waals surface area contributed by atoms with Gasteiger partial charge in [0.25, 0.3) is 5.91 Å². The maximum Gasteiger partial charge on any atom is 0.274 e. The fourth-order valence-electron chi connectivity index (χ4n) is 1.92. The Balaban J connectivity index is 2.07. The SMILES string of the molecule is COCCNc1ccnc(C(=O)Nc2ccc(Cl)cc2C)c1. The van der Waals surface area contributed by atoms with Crippen LogP contribution in [0.3, 0.4) is 0 Å². The molecule has 0 spiro atoms. The van der Waals surface area contributed by atoms with Crippen LogP contribution in [-0.4, -0.2) is 31.2 Å². The molecule has 1 amide bonds. The third-order valence-electron chi connectivity index (χ3n) is 3.06. The molecule has 5 nitrogen and oxygen atoms in total. The van der Waals surface area contributed by atoms with Crippen LogP contribution in [0.25, 0.3) is 0 Å². The number of hydrogen-bond donors (Lipinski definition) is 2. The molecule has 1 aromatic carbocycles. The van der Waals surface area contributed by atoms with Gasteiger partial charge in [-0.1, -0.05) is 11.6 Å². The molecule has 1 aromatic heterocycles. The zero-order chi connectivity index (χ0) is 15.9. The van der Waals surface area contributed by atoms with Crippen LogP contribution in [0.2, 0.25) is 5.02 Å². The maximum atomic E-state index is 12.3. The largest absolute Gasteiger partial charge is 0.383 e. The lowest BCUT2D eigenvalue weighted by molar-refractivity contribution is 0.102. The minimum Gasteiger partial charge on any atom is -0.383 e. The second-order valence-corrected chi connectivity index (χ2v) is 5.20. The van der Waals surface area contributed by atoms with E-state index in [1.54, 1.807) is 43.6 Å². The van der Waals surface area contributed by atoms with E-state index >= 15 is 0 Å². The Bertz CT molecular complexity index is 662. The highest BCUT2D eigenvalue weighted by atomic mass is 35.5. The maximum absolute atomic E-state index is 12.3. The summed E-state index contributed by atoms with van der Waals surface area (Å²) >= 11 is 5.91. The molecular weight excluding hydrogens is 302 g/mol. The van der Waals surface area contributed by atoms with Crippen molar-refractivity contribution in [2.45, 2.75) is 6.92 Å². The fourth-order valence-corrected chi connectivity index (χ4v) is 2.14. The van der Waals surface area contributed by atoms with Gasteiger partial charge in [0.2, 0.25) is 0 Å². The van der Waals surface area contributed by atoms with E-state index in [0.717, 1.165) is 11.3 Å². The number of pyridine rings is 1. The summed E-state index contributed by atoms with van der Waals surface area (Å²) < 4.78 is 4.97. The quantitative estimate of drug-likeness (QED) is 0.801. The Hall–Kier alpha value is -2.11. The predicted molar refractivity (Wildman–Crippen MR) is 88.7 cm³/mol. The Kier molecular flexibility index (Phi) is 5.75. The normalized spacial score (nSPS) is 10.3. The van der Waals surface area contributed by atoms with Crippen LogP contribution in [-0.2, 0) is 4.74 Å². The average Bonchev–Trinajstić information content (AvgIpc) is 2.50. The summed E-state index contributed by atoms with van der Waals surface area (Å²) in [6.45, 7) is 3.14. The third-order valence-corrected chi connectivity index (χ3v) is 3.30. The number of hydrogen-bond acceptors (Lipinski definition) is 4. The molecule has 2 rings (SSSR count). The van der Waals surface area contributed by atoms with Gasteiger partial charge >= 0.3 is 0 Å².